The summed E-state index contributed by atoms with van der Waals surface area (Å²) in [5.41, 5.74) is 7.88. The fourth-order valence-corrected chi connectivity index (χ4v) is 4.70. The highest BCUT2D eigenvalue weighted by Crippen LogP contribution is 2.47. The van der Waals surface area contributed by atoms with Gasteiger partial charge in [0.05, 0.1) is 5.57 Å². The third-order valence-electron chi connectivity index (χ3n) is 5.87. The number of carbonyl (C=O) groups excluding carboxylic acids is 3. The van der Waals surface area contributed by atoms with Crippen molar-refractivity contribution in [1.29, 1.82) is 0 Å². The van der Waals surface area contributed by atoms with Gasteiger partial charge in [-0.1, -0.05) is 24.3 Å². The molecule has 4 heteroatoms. The second kappa shape index (κ2) is 5.15. The van der Waals surface area contributed by atoms with Gasteiger partial charge in [0.25, 0.3) is 5.91 Å². The van der Waals surface area contributed by atoms with E-state index in [4.69, 9.17) is 5.73 Å². The van der Waals surface area contributed by atoms with Crippen LogP contribution in [0.3, 0.4) is 0 Å². The molecule has 4 rings (SSSR count). The van der Waals surface area contributed by atoms with Crippen LogP contribution in [0.15, 0.2) is 35.9 Å². The number of Topliss-reactive ketones (excluding diaryl/α,β-unsaturated/α-hetero) is 1. The highest BCUT2D eigenvalue weighted by Gasteiger charge is 2.47. The zero-order valence-electron chi connectivity index (χ0n) is 12.8. The number of primary amides is 1. The Kier molecular flexibility index (Phi) is 3.22. The second-order valence-corrected chi connectivity index (χ2v) is 7.07. The van der Waals surface area contributed by atoms with E-state index in [-0.39, 0.29) is 29.0 Å². The maximum atomic E-state index is 12.5. The van der Waals surface area contributed by atoms with E-state index in [1.807, 2.05) is 6.07 Å². The van der Waals surface area contributed by atoms with Gasteiger partial charge in [-0.2, -0.15) is 0 Å². The summed E-state index contributed by atoms with van der Waals surface area (Å²) in [5, 5.41) is 0. The van der Waals surface area contributed by atoms with Gasteiger partial charge in [-0.3, -0.25) is 14.4 Å². The number of ketones is 2. The van der Waals surface area contributed by atoms with E-state index in [0.29, 0.717) is 18.3 Å². The van der Waals surface area contributed by atoms with Gasteiger partial charge < -0.3 is 5.73 Å². The lowest BCUT2D eigenvalue weighted by atomic mass is 9.58. The maximum Gasteiger partial charge on any atom is 0.252 e. The number of hydrogen-bond donors (Lipinski definition) is 1. The van der Waals surface area contributed by atoms with Crippen LogP contribution in [0, 0.1) is 23.7 Å². The van der Waals surface area contributed by atoms with Gasteiger partial charge in [-0.05, 0) is 54.7 Å². The highest BCUT2D eigenvalue weighted by molar-refractivity contribution is 6.25. The third kappa shape index (κ3) is 2.24. The van der Waals surface area contributed by atoms with Crippen molar-refractivity contribution < 1.29 is 14.4 Å². The molecule has 3 aliphatic rings. The molecule has 1 aromatic carbocycles. The number of benzene rings is 1. The molecule has 1 fully saturated rings. The molecule has 4 nitrogen and oxygen atoms in total. The molecule has 0 aromatic heterocycles. The Morgan fingerprint density at radius 1 is 0.957 bits per heavy atom. The summed E-state index contributed by atoms with van der Waals surface area (Å²) in [6.07, 6.45) is 4.57. The molecular formula is C19H19NO3. The largest absolute Gasteiger partial charge is 0.365 e. The molecule has 23 heavy (non-hydrogen) atoms. The minimum absolute atomic E-state index is 0.0966. The van der Waals surface area contributed by atoms with Gasteiger partial charge in [-0.25, -0.2) is 0 Å². The van der Waals surface area contributed by atoms with Crippen molar-refractivity contribution in [1.82, 2.24) is 0 Å². The van der Waals surface area contributed by atoms with E-state index in [9.17, 15) is 14.4 Å². The molecular weight excluding hydrogens is 290 g/mol. The Balaban J connectivity index is 1.65. The van der Waals surface area contributed by atoms with Crippen molar-refractivity contribution >= 4 is 17.5 Å². The Bertz CT molecular complexity index is 749. The molecule has 4 atom stereocenters. The SMILES string of the molecule is NC(=O)C1=CC(=O)C2CC3Cc4ccccc4CC3CC2C1=O. The predicted octanol–water partition coefficient (Wildman–Crippen LogP) is 1.61. The monoisotopic (exact) mass is 309 g/mol. The van der Waals surface area contributed by atoms with Gasteiger partial charge in [0, 0.05) is 11.8 Å². The Morgan fingerprint density at radius 3 is 2.09 bits per heavy atom. The quantitative estimate of drug-likeness (QED) is 0.801. The molecule has 4 unspecified atom stereocenters. The average Bonchev–Trinajstić information content (AvgIpc) is 2.54. The molecule has 0 spiro atoms. The summed E-state index contributed by atoms with van der Waals surface area (Å²) in [6, 6.07) is 8.42. The van der Waals surface area contributed by atoms with E-state index in [1.165, 1.54) is 17.2 Å². The third-order valence-corrected chi connectivity index (χ3v) is 5.87. The Morgan fingerprint density at radius 2 is 1.52 bits per heavy atom. The van der Waals surface area contributed by atoms with Crippen LogP contribution in [-0.4, -0.2) is 17.5 Å². The van der Waals surface area contributed by atoms with Crippen molar-refractivity contribution in [3.8, 4) is 0 Å². The predicted molar refractivity (Wildman–Crippen MR) is 84.3 cm³/mol. The van der Waals surface area contributed by atoms with Crippen LogP contribution in [0.4, 0.5) is 0 Å². The number of rotatable bonds is 1. The number of allylic oxidation sites excluding steroid dienone is 1. The van der Waals surface area contributed by atoms with E-state index in [0.717, 1.165) is 19.3 Å². The zero-order chi connectivity index (χ0) is 16.1. The van der Waals surface area contributed by atoms with Gasteiger partial charge in [-0.15, -0.1) is 0 Å². The van der Waals surface area contributed by atoms with Crippen LogP contribution in [-0.2, 0) is 27.2 Å². The number of hydrogen-bond acceptors (Lipinski definition) is 3. The maximum absolute atomic E-state index is 12.5. The van der Waals surface area contributed by atoms with Gasteiger partial charge in [0.15, 0.2) is 11.6 Å². The zero-order valence-corrected chi connectivity index (χ0v) is 12.8. The summed E-state index contributed by atoms with van der Waals surface area (Å²) < 4.78 is 0. The Hall–Kier alpha value is -2.23. The lowest BCUT2D eigenvalue weighted by Crippen LogP contribution is -2.46. The molecule has 3 aliphatic carbocycles. The molecule has 0 heterocycles. The number of carbonyl (C=O) groups is 3. The summed E-state index contributed by atoms with van der Waals surface area (Å²) in [5.74, 6) is -0.863. The molecule has 2 N–H and O–H groups in total. The van der Waals surface area contributed by atoms with Crippen molar-refractivity contribution in [2.24, 2.45) is 29.4 Å². The summed E-state index contributed by atoms with van der Waals surface area (Å²) >= 11 is 0. The number of fused-ring (bicyclic) bond motifs is 3. The molecule has 118 valence electrons. The lowest BCUT2D eigenvalue weighted by molar-refractivity contribution is -0.135. The normalized spacial score (nSPS) is 32.4. The fourth-order valence-electron chi connectivity index (χ4n) is 4.70. The average molecular weight is 309 g/mol. The molecule has 0 radical (unpaired) electrons. The number of amides is 1. The van der Waals surface area contributed by atoms with Gasteiger partial charge in [0.2, 0.25) is 0 Å². The first-order chi connectivity index (χ1) is 11.0. The first-order valence-corrected chi connectivity index (χ1v) is 8.21. The van der Waals surface area contributed by atoms with Crippen molar-refractivity contribution in [3.63, 3.8) is 0 Å². The smallest absolute Gasteiger partial charge is 0.252 e. The molecule has 0 aliphatic heterocycles. The second-order valence-electron chi connectivity index (χ2n) is 7.07. The minimum Gasteiger partial charge on any atom is -0.365 e. The molecule has 1 amide bonds. The summed E-state index contributed by atoms with van der Waals surface area (Å²) in [4.78, 5) is 36.3. The van der Waals surface area contributed by atoms with E-state index in [1.54, 1.807) is 0 Å². The summed E-state index contributed by atoms with van der Waals surface area (Å²) in [6.45, 7) is 0. The molecule has 0 saturated heterocycles. The first-order valence-electron chi connectivity index (χ1n) is 8.21. The minimum atomic E-state index is -0.780. The van der Waals surface area contributed by atoms with Gasteiger partial charge >= 0.3 is 0 Å². The van der Waals surface area contributed by atoms with Crippen LogP contribution in [0.5, 0.6) is 0 Å². The Labute approximate surface area is 134 Å². The number of nitrogens with two attached hydrogens (primary N) is 1. The van der Waals surface area contributed by atoms with Gasteiger partial charge in [0.1, 0.15) is 0 Å². The molecule has 1 saturated carbocycles. The van der Waals surface area contributed by atoms with E-state index in [2.05, 4.69) is 18.2 Å². The molecule has 0 bridgehead atoms. The van der Waals surface area contributed by atoms with E-state index >= 15 is 0 Å². The highest BCUT2D eigenvalue weighted by atomic mass is 16.2. The van der Waals surface area contributed by atoms with Crippen LogP contribution in [0.1, 0.15) is 24.0 Å². The first kappa shape index (κ1) is 14.4. The van der Waals surface area contributed by atoms with Crippen LogP contribution in [0.2, 0.25) is 0 Å². The lowest BCUT2D eigenvalue weighted by Gasteiger charge is -2.44. The standard InChI is InChI=1S/C19H19NO3/c20-19(23)16-9-17(21)14-7-12-5-10-3-1-2-4-11(10)6-13(12)8-15(14)18(16)22/h1-4,9,12-15H,5-8H2,(H2,20,23). The van der Waals surface area contributed by atoms with E-state index < -0.39 is 5.91 Å². The fraction of sp³-hybridized carbons (Fsp3) is 0.421. The molecule has 1 aromatic rings. The van der Waals surface area contributed by atoms with Crippen molar-refractivity contribution in [3.05, 3.63) is 47.0 Å². The van der Waals surface area contributed by atoms with Crippen LogP contribution < -0.4 is 5.73 Å². The van der Waals surface area contributed by atoms with Crippen LogP contribution in [0.25, 0.3) is 0 Å². The topological polar surface area (TPSA) is 77.2 Å². The summed E-state index contributed by atoms with van der Waals surface area (Å²) in [7, 11) is 0. The van der Waals surface area contributed by atoms with Crippen molar-refractivity contribution in [2.75, 3.05) is 0 Å². The van der Waals surface area contributed by atoms with Crippen LogP contribution >= 0.6 is 0 Å². The van der Waals surface area contributed by atoms with Crippen molar-refractivity contribution in [2.45, 2.75) is 25.7 Å².